The van der Waals surface area contributed by atoms with Crippen molar-refractivity contribution in [2.24, 2.45) is 0 Å². The molecule has 0 aliphatic carbocycles. The molecule has 0 bridgehead atoms. The predicted octanol–water partition coefficient (Wildman–Crippen LogP) is 6.07. The summed E-state index contributed by atoms with van der Waals surface area (Å²) in [4.78, 5) is 48.4. The number of carbonyl (C=O) groups excluding carboxylic acids is 3. The Bertz CT molecular complexity index is 1710. The van der Waals surface area contributed by atoms with Gasteiger partial charge in [0, 0.05) is 57.2 Å². The maximum Gasteiger partial charge on any atom is 0.417 e. The maximum absolute atomic E-state index is 14.1. The van der Waals surface area contributed by atoms with Crippen LogP contribution in [0.3, 0.4) is 0 Å². The lowest BCUT2D eigenvalue weighted by atomic mass is 10.0. The molecular weight excluding hydrogens is 619 g/mol. The number of esters is 1. The highest BCUT2D eigenvalue weighted by Crippen LogP contribution is 2.35. The van der Waals surface area contributed by atoms with Crippen molar-refractivity contribution in [3.63, 3.8) is 0 Å². The number of nitrogens with zero attached hydrogens (tertiary/aromatic N) is 4. The summed E-state index contributed by atoms with van der Waals surface area (Å²) in [6.07, 6.45) is -4.14. The first-order chi connectivity index (χ1) is 22.6. The molecule has 3 N–H and O–H groups in total. The fourth-order valence-electron chi connectivity index (χ4n) is 4.71. The topological polar surface area (TPSA) is 138 Å². The molecule has 1 saturated heterocycles. The number of amides is 3. The lowest BCUT2D eigenvalue weighted by Gasteiger charge is -2.34. The van der Waals surface area contributed by atoms with Crippen molar-refractivity contribution < 1.29 is 37.0 Å². The Labute approximate surface area is 267 Å². The van der Waals surface area contributed by atoms with Crippen molar-refractivity contribution in [2.75, 3.05) is 49.2 Å². The molecule has 1 aromatic heterocycles. The summed E-state index contributed by atoms with van der Waals surface area (Å²) in [5.74, 6) is 0.552. The average molecular weight is 650 g/mol. The largest absolute Gasteiger partial charge is 0.439 e. The fourth-order valence-corrected chi connectivity index (χ4v) is 4.71. The Hall–Kier alpha value is -5.70. The molecule has 15 heteroatoms. The Balaban J connectivity index is 1.14. The van der Waals surface area contributed by atoms with Gasteiger partial charge in [-0.15, -0.1) is 0 Å². The number of benzene rings is 3. The second kappa shape index (κ2) is 14.6. The third kappa shape index (κ3) is 8.94. The minimum atomic E-state index is -4.68. The number of urea groups is 1. The van der Waals surface area contributed by atoms with Crippen molar-refractivity contribution in [1.29, 1.82) is 0 Å². The van der Waals surface area contributed by atoms with Gasteiger partial charge in [-0.25, -0.2) is 24.4 Å². The van der Waals surface area contributed by atoms with Crippen LogP contribution in [-0.4, -0.2) is 71.1 Å². The smallest absolute Gasteiger partial charge is 0.417 e. The molecule has 1 aliphatic rings. The molecule has 0 saturated carbocycles. The van der Waals surface area contributed by atoms with Crippen LogP contribution in [0, 0.1) is 0 Å². The Kier molecular flexibility index (Phi) is 10.2. The number of halogens is 3. The number of hydrogen-bond donors (Lipinski definition) is 3. The highest BCUT2D eigenvalue weighted by Gasteiger charge is 2.35. The summed E-state index contributed by atoms with van der Waals surface area (Å²) in [5.41, 5.74) is -0.303. The quantitative estimate of drug-likeness (QED) is 0.153. The molecule has 4 aromatic rings. The molecule has 0 radical (unpaired) electrons. The van der Waals surface area contributed by atoms with Crippen LogP contribution in [0.15, 0.2) is 85.2 Å². The van der Waals surface area contributed by atoms with E-state index in [2.05, 4.69) is 25.9 Å². The Morgan fingerprint density at radius 1 is 0.851 bits per heavy atom. The summed E-state index contributed by atoms with van der Waals surface area (Å²) in [7, 11) is 1.71. The van der Waals surface area contributed by atoms with E-state index in [1.54, 1.807) is 60.5 Å². The highest BCUT2D eigenvalue weighted by atomic mass is 19.4. The first kappa shape index (κ1) is 32.7. The van der Waals surface area contributed by atoms with Gasteiger partial charge in [-0.2, -0.15) is 13.2 Å². The lowest BCUT2D eigenvalue weighted by Crippen LogP contribution is -2.48. The molecule has 244 valence electrons. The Morgan fingerprint density at radius 3 is 2.21 bits per heavy atom. The van der Waals surface area contributed by atoms with Crippen LogP contribution in [-0.2, 0) is 17.5 Å². The molecule has 12 nitrogen and oxygen atoms in total. The SMILES string of the molecule is CNc1cc(Oc2ccc(NC(=O)Nc3ccc(CN4CCN(C(=O)OC(=O)c5ccccc5)CC4)c(C(F)(F)F)c3)cc2)ncn1. The van der Waals surface area contributed by atoms with E-state index >= 15 is 0 Å². The van der Waals surface area contributed by atoms with E-state index in [0.29, 0.717) is 23.1 Å². The molecular formula is C32H30F3N7O5. The number of piperazine rings is 1. The number of alkyl halides is 3. The summed E-state index contributed by atoms with van der Waals surface area (Å²) < 4.78 is 52.8. The van der Waals surface area contributed by atoms with Gasteiger partial charge in [0.15, 0.2) is 0 Å². The summed E-state index contributed by atoms with van der Waals surface area (Å²) in [6.45, 7) is 0.857. The third-order valence-corrected chi connectivity index (χ3v) is 7.12. The van der Waals surface area contributed by atoms with E-state index in [0.717, 1.165) is 6.07 Å². The third-order valence-electron chi connectivity index (χ3n) is 7.12. The first-order valence-electron chi connectivity index (χ1n) is 14.4. The second-order valence-electron chi connectivity index (χ2n) is 10.4. The normalized spacial score (nSPS) is 13.4. The molecule has 3 aromatic carbocycles. The minimum absolute atomic E-state index is 0.0138. The van der Waals surface area contributed by atoms with E-state index in [1.165, 1.54) is 35.5 Å². The molecule has 0 unspecified atom stereocenters. The summed E-state index contributed by atoms with van der Waals surface area (Å²) in [6, 6.07) is 18.9. The van der Waals surface area contributed by atoms with Gasteiger partial charge in [-0.1, -0.05) is 24.3 Å². The zero-order valence-corrected chi connectivity index (χ0v) is 25.1. The van der Waals surface area contributed by atoms with Crippen LogP contribution in [0.1, 0.15) is 21.5 Å². The number of rotatable bonds is 8. The molecule has 2 heterocycles. The number of carbonyl (C=O) groups is 3. The van der Waals surface area contributed by atoms with Crippen LogP contribution >= 0.6 is 0 Å². The van der Waals surface area contributed by atoms with Gasteiger partial charge >= 0.3 is 24.3 Å². The van der Waals surface area contributed by atoms with Gasteiger partial charge < -0.3 is 30.3 Å². The molecule has 1 aliphatic heterocycles. The van der Waals surface area contributed by atoms with Crippen LogP contribution < -0.4 is 20.7 Å². The van der Waals surface area contributed by atoms with Crippen LogP contribution in [0.2, 0.25) is 0 Å². The van der Waals surface area contributed by atoms with E-state index in [9.17, 15) is 27.6 Å². The monoisotopic (exact) mass is 649 g/mol. The van der Waals surface area contributed by atoms with Gasteiger partial charge in [0.25, 0.3) is 0 Å². The zero-order chi connectivity index (χ0) is 33.4. The highest BCUT2D eigenvalue weighted by molar-refractivity contribution is 6.00. The van der Waals surface area contributed by atoms with Crippen molar-refractivity contribution in [3.05, 3.63) is 102 Å². The average Bonchev–Trinajstić information content (AvgIpc) is 3.06. The van der Waals surface area contributed by atoms with Crippen LogP contribution in [0.4, 0.5) is 40.0 Å². The van der Waals surface area contributed by atoms with Gasteiger partial charge in [-0.05, 0) is 54.1 Å². The number of nitrogens with one attached hydrogen (secondary N) is 3. The van der Waals surface area contributed by atoms with Crippen molar-refractivity contribution in [1.82, 2.24) is 19.8 Å². The lowest BCUT2D eigenvalue weighted by molar-refractivity contribution is -0.138. The van der Waals surface area contributed by atoms with Crippen LogP contribution in [0.5, 0.6) is 11.6 Å². The number of aromatic nitrogens is 2. The molecule has 5 rings (SSSR count). The van der Waals surface area contributed by atoms with Gasteiger partial charge in [0.2, 0.25) is 5.88 Å². The van der Waals surface area contributed by atoms with Crippen LogP contribution in [0.25, 0.3) is 0 Å². The van der Waals surface area contributed by atoms with Crippen molar-refractivity contribution >= 4 is 35.3 Å². The number of hydrogen-bond acceptors (Lipinski definition) is 9. The maximum atomic E-state index is 14.1. The molecule has 0 spiro atoms. The van der Waals surface area contributed by atoms with E-state index in [4.69, 9.17) is 9.47 Å². The van der Waals surface area contributed by atoms with Gasteiger partial charge in [0.1, 0.15) is 17.9 Å². The molecule has 1 fully saturated rings. The Morgan fingerprint density at radius 2 is 1.53 bits per heavy atom. The molecule has 0 atom stereocenters. The number of anilines is 3. The van der Waals surface area contributed by atoms with Gasteiger partial charge in [0.05, 0.1) is 11.1 Å². The standard InChI is InChI=1S/C32H30F3N7O5/c1-36-27-18-28(38-20-37-27)46-25-11-9-23(10-12-25)39-30(44)40-24-8-7-22(26(17-24)32(33,34)35)19-41-13-15-42(16-14-41)31(45)47-29(43)21-5-3-2-4-6-21/h2-12,17-18,20H,13-16,19H2,1H3,(H,36,37,38)(H2,39,40,44). The van der Waals surface area contributed by atoms with Crippen molar-refractivity contribution in [2.45, 2.75) is 12.7 Å². The van der Waals surface area contributed by atoms with E-state index in [-0.39, 0.29) is 49.5 Å². The van der Waals surface area contributed by atoms with Crippen molar-refractivity contribution in [3.8, 4) is 11.6 Å². The summed E-state index contributed by atoms with van der Waals surface area (Å²) >= 11 is 0. The fraction of sp³-hybridized carbons (Fsp3) is 0.219. The van der Waals surface area contributed by atoms with Gasteiger partial charge in [-0.3, -0.25) is 4.90 Å². The van der Waals surface area contributed by atoms with E-state index in [1.807, 2.05) is 0 Å². The summed E-state index contributed by atoms with van der Waals surface area (Å²) in [5, 5.41) is 7.90. The second-order valence-corrected chi connectivity index (χ2v) is 10.4. The zero-order valence-electron chi connectivity index (χ0n) is 25.1. The molecule has 3 amide bonds. The predicted molar refractivity (Wildman–Crippen MR) is 166 cm³/mol. The molecule has 47 heavy (non-hydrogen) atoms. The van der Waals surface area contributed by atoms with E-state index < -0.39 is 29.8 Å². The number of ether oxygens (including phenoxy) is 2. The minimum Gasteiger partial charge on any atom is -0.439 e. The first-order valence-corrected chi connectivity index (χ1v) is 14.4.